The normalized spacial score (nSPS) is 21.0. The molecule has 0 aliphatic carbocycles. The van der Waals surface area contributed by atoms with Crippen molar-refractivity contribution in [1.82, 2.24) is 4.90 Å². The number of nitrogens with zero attached hydrogens (tertiary/aromatic N) is 1. The number of rotatable bonds is 2. The number of carbonyl (C=O) groups is 1. The third-order valence-corrected chi connectivity index (χ3v) is 3.57. The first-order chi connectivity index (χ1) is 10.0. The summed E-state index contributed by atoms with van der Waals surface area (Å²) in [4.78, 5) is 13.9. The first-order valence-corrected chi connectivity index (χ1v) is 6.89. The van der Waals surface area contributed by atoms with Gasteiger partial charge in [0, 0.05) is 30.6 Å². The lowest BCUT2D eigenvalue weighted by Gasteiger charge is -2.17. The van der Waals surface area contributed by atoms with Crippen molar-refractivity contribution in [1.29, 1.82) is 0 Å². The summed E-state index contributed by atoms with van der Waals surface area (Å²) >= 11 is 0. The highest BCUT2D eigenvalue weighted by Gasteiger charge is 2.33. The predicted octanol–water partition coefficient (Wildman–Crippen LogP) is -0.0935. The number of likely N-dealkylation sites (tertiary alicyclic amines) is 1. The molecule has 112 valence electrons. The molecule has 2 unspecified atom stereocenters. The minimum atomic E-state index is -0.887. The van der Waals surface area contributed by atoms with Crippen LogP contribution in [0, 0.1) is 18.8 Å². The molecule has 0 aromatic heterocycles. The quantitative estimate of drug-likeness (QED) is 0.665. The average molecular weight is 289 g/mol. The second kappa shape index (κ2) is 6.72. The highest BCUT2D eigenvalue weighted by Crippen LogP contribution is 2.19. The molecule has 0 spiro atoms. The zero-order chi connectivity index (χ0) is 15.4. The summed E-state index contributed by atoms with van der Waals surface area (Å²) in [5.74, 6) is 5.56. The van der Waals surface area contributed by atoms with Gasteiger partial charge in [-0.05, 0) is 24.6 Å². The zero-order valence-corrected chi connectivity index (χ0v) is 11.9. The van der Waals surface area contributed by atoms with E-state index < -0.39 is 12.2 Å². The van der Waals surface area contributed by atoms with Crippen molar-refractivity contribution in [2.45, 2.75) is 25.6 Å². The van der Waals surface area contributed by atoms with Gasteiger partial charge >= 0.3 is 0 Å². The fraction of sp³-hybridized carbons (Fsp3) is 0.438. The molecule has 0 radical (unpaired) electrons. The Morgan fingerprint density at radius 1 is 1.33 bits per heavy atom. The molecule has 5 nitrogen and oxygen atoms in total. The molecule has 0 saturated carbocycles. The van der Waals surface area contributed by atoms with Gasteiger partial charge in [-0.25, -0.2) is 0 Å². The van der Waals surface area contributed by atoms with Gasteiger partial charge in [-0.3, -0.25) is 4.79 Å². The van der Waals surface area contributed by atoms with Crippen LogP contribution in [0.4, 0.5) is 0 Å². The van der Waals surface area contributed by atoms with Crippen molar-refractivity contribution in [2.24, 2.45) is 0 Å². The van der Waals surface area contributed by atoms with Crippen LogP contribution in [0.25, 0.3) is 0 Å². The number of hydrogen-bond acceptors (Lipinski definition) is 4. The van der Waals surface area contributed by atoms with Crippen LogP contribution in [0.2, 0.25) is 0 Å². The summed E-state index contributed by atoms with van der Waals surface area (Å²) in [7, 11) is 0. The van der Waals surface area contributed by atoms with E-state index in [9.17, 15) is 15.0 Å². The van der Waals surface area contributed by atoms with Gasteiger partial charge < -0.3 is 20.2 Å². The monoisotopic (exact) mass is 289 g/mol. The summed E-state index contributed by atoms with van der Waals surface area (Å²) in [6.07, 6.45) is -1.38. The number of amides is 1. The minimum absolute atomic E-state index is 0.00816. The molecule has 1 aromatic carbocycles. The van der Waals surface area contributed by atoms with Crippen LogP contribution in [0.15, 0.2) is 18.2 Å². The van der Waals surface area contributed by atoms with Crippen LogP contribution in [0.5, 0.6) is 0 Å². The summed E-state index contributed by atoms with van der Waals surface area (Å²) in [6, 6.07) is 5.29. The zero-order valence-electron chi connectivity index (χ0n) is 11.9. The first-order valence-electron chi connectivity index (χ1n) is 6.89. The Hall–Kier alpha value is -1.87. The fourth-order valence-electron chi connectivity index (χ4n) is 2.32. The van der Waals surface area contributed by atoms with Crippen molar-refractivity contribution in [3.8, 4) is 11.8 Å². The fourth-order valence-corrected chi connectivity index (χ4v) is 2.32. The Morgan fingerprint density at radius 3 is 2.62 bits per heavy atom. The highest BCUT2D eigenvalue weighted by molar-refractivity contribution is 5.96. The predicted molar refractivity (Wildman–Crippen MR) is 77.7 cm³/mol. The van der Waals surface area contributed by atoms with E-state index >= 15 is 0 Å². The van der Waals surface area contributed by atoms with E-state index in [4.69, 9.17) is 5.11 Å². The number of β-amino-alcohol motifs (C(OH)–C–C–N with tert-alkyl or cyclic N) is 2. The largest absolute Gasteiger partial charge is 0.395 e. The SMILES string of the molecule is Cc1c(C#CCCO)cccc1C(=O)N1CC(O)C(O)C1. The molecule has 2 atom stereocenters. The molecule has 1 heterocycles. The lowest BCUT2D eigenvalue weighted by molar-refractivity contribution is 0.0572. The summed E-state index contributed by atoms with van der Waals surface area (Å²) in [6.45, 7) is 2.10. The van der Waals surface area contributed by atoms with Crippen LogP contribution >= 0.6 is 0 Å². The minimum Gasteiger partial charge on any atom is -0.395 e. The van der Waals surface area contributed by atoms with Gasteiger partial charge in [0.2, 0.25) is 0 Å². The van der Waals surface area contributed by atoms with Crippen LogP contribution in [-0.2, 0) is 0 Å². The van der Waals surface area contributed by atoms with E-state index in [0.29, 0.717) is 12.0 Å². The van der Waals surface area contributed by atoms with Crippen LogP contribution < -0.4 is 0 Å². The summed E-state index contributed by atoms with van der Waals surface area (Å²) in [5.41, 5.74) is 2.03. The van der Waals surface area contributed by atoms with Crippen molar-refractivity contribution in [2.75, 3.05) is 19.7 Å². The van der Waals surface area contributed by atoms with Gasteiger partial charge in [-0.1, -0.05) is 17.9 Å². The molecular weight excluding hydrogens is 270 g/mol. The molecule has 3 N–H and O–H groups in total. The Kier molecular flexibility index (Phi) is 4.97. The number of benzene rings is 1. The topological polar surface area (TPSA) is 81.0 Å². The maximum atomic E-state index is 12.5. The lowest BCUT2D eigenvalue weighted by atomic mass is 10.0. The molecule has 1 fully saturated rings. The number of aliphatic hydroxyl groups excluding tert-OH is 3. The van der Waals surface area contributed by atoms with Crippen LogP contribution in [0.1, 0.15) is 27.9 Å². The third-order valence-electron chi connectivity index (χ3n) is 3.57. The van der Waals surface area contributed by atoms with Crippen molar-refractivity contribution in [3.63, 3.8) is 0 Å². The van der Waals surface area contributed by atoms with Gasteiger partial charge in [-0.2, -0.15) is 0 Å². The van der Waals surface area contributed by atoms with E-state index in [-0.39, 0.29) is 25.6 Å². The van der Waals surface area contributed by atoms with E-state index in [1.165, 1.54) is 4.90 Å². The van der Waals surface area contributed by atoms with Crippen LogP contribution in [-0.4, -0.2) is 58.0 Å². The van der Waals surface area contributed by atoms with E-state index in [2.05, 4.69) is 11.8 Å². The molecule has 1 aromatic rings. The van der Waals surface area contributed by atoms with Crippen molar-refractivity contribution in [3.05, 3.63) is 34.9 Å². The standard InChI is InChI=1S/C16H19NO4/c1-11-12(5-2-3-8-18)6-4-7-13(11)16(21)17-9-14(19)15(20)10-17/h4,6-7,14-15,18-20H,3,8-10H2,1H3. The maximum Gasteiger partial charge on any atom is 0.254 e. The molecule has 1 amide bonds. The van der Waals surface area contributed by atoms with Crippen LogP contribution in [0.3, 0.4) is 0 Å². The Balaban J connectivity index is 2.23. The average Bonchev–Trinajstić information content (AvgIpc) is 2.80. The Morgan fingerprint density at radius 2 is 2.00 bits per heavy atom. The number of carbonyl (C=O) groups excluding carboxylic acids is 1. The van der Waals surface area contributed by atoms with Gasteiger partial charge in [0.1, 0.15) is 0 Å². The third kappa shape index (κ3) is 3.42. The van der Waals surface area contributed by atoms with Gasteiger partial charge in [0.05, 0.1) is 18.8 Å². The molecule has 1 aliphatic heterocycles. The highest BCUT2D eigenvalue weighted by atomic mass is 16.3. The van der Waals surface area contributed by atoms with Crippen molar-refractivity contribution < 1.29 is 20.1 Å². The molecule has 2 rings (SSSR count). The van der Waals surface area contributed by atoms with E-state index in [1.54, 1.807) is 12.1 Å². The molecule has 1 aliphatic rings. The second-order valence-electron chi connectivity index (χ2n) is 5.10. The molecule has 5 heteroatoms. The lowest BCUT2D eigenvalue weighted by Crippen LogP contribution is -2.30. The molecular formula is C16H19NO4. The van der Waals surface area contributed by atoms with E-state index in [1.807, 2.05) is 13.0 Å². The summed E-state index contributed by atoms with van der Waals surface area (Å²) in [5, 5.41) is 27.8. The van der Waals surface area contributed by atoms with Gasteiger partial charge in [0.25, 0.3) is 5.91 Å². The molecule has 21 heavy (non-hydrogen) atoms. The Labute approximate surface area is 123 Å². The van der Waals surface area contributed by atoms with E-state index in [0.717, 1.165) is 11.1 Å². The number of aliphatic hydroxyl groups is 3. The Bertz CT molecular complexity index is 578. The first kappa shape index (κ1) is 15.5. The smallest absolute Gasteiger partial charge is 0.254 e. The van der Waals surface area contributed by atoms with Gasteiger partial charge in [0.15, 0.2) is 0 Å². The second-order valence-corrected chi connectivity index (χ2v) is 5.10. The number of hydrogen-bond donors (Lipinski definition) is 3. The van der Waals surface area contributed by atoms with Crippen molar-refractivity contribution >= 4 is 5.91 Å². The summed E-state index contributed by atoms with van der Waals surface area (Å²) < 4.78 is 0. The molecule has 1 saturated heterocycles. The molecule has 0 bridgehead atoms. The van der Waals surface area contributed by atoms with Gasteiger partial charge in [-0.15, -0.1) is 0 Å². The maximum absolute atomic E-state index is 12.5.